The Labute approximate surface area is 141 Å². The highest BCUT2D eigenvalue weighted by Crippen LogP contribution is 2.13. The summed E-state index contributed by atoms with van der Waals surface area (Å²) in [5.74, 6) is 0.0688. The first kappa shape index (κ1) is 19.6. The summed E-state index contributed by atoms with van der Waals surface area (Å²) < 4.78 is 5.36. The van der Waals surface area contributed by atoms with E-state index >= 15 is 0 Å². The third-order valence-electron chi connectivity index (χ3n) is 4.16. The standard InChI is InChI=1S/C21H32O2/c1-3-4-5-6-7-8-9-13-16-21(23-2)20(22)18-17-19-14-11-10-12-15-19/h10-12,14-15,17-18,21H,3-9,13,16H2,1-2H3/b18-17+/t21-/m1/s1. The summed E-state index contributed by atoms with van der Waals surface area (Å²) in [6.07, 6.45) is 14.3. The molecule has 0 aliphatic carbocycles. The van der Waals surface area contributed by atoms with Gasteiger partial charge < -0.3 is 4.74 Å². The molecule has 23 heavy (non-hydrogen) atoms. The molecule has 1 rings (SSSR count). The maximum atomic E-state index is 12.2. The summed E-state index contributed by atoms with van der Waals surface area (Å²) in [6, 6.07) is 9.89. The van der Waals surface area contributed by atoms with Crippen molar-refractivity contribution in [3.63, 3.8) is 0 Å². The highest BCUT2D eigenvalue weighted by Gasteiger charge is 2.14. The summed E-state index contributed by atoms with van der Waals surface area (Å²) >= 11 is 0. The van der Waals surface area contributed by atoms with E-state index in [2.05, 4.69) is 6.92 Å². The van der Waals surface area contributed by atoms with Crippen molar-refractivity contribution >= 4 is 11.9 Å². The number of ether oxygens (including phenoxy) is 1. The predicted octanol–water partition coefficient (Wildman–Crippen LogP) is 5.81. The van der Waals surface area contributed by atoms with E-state index in [4.69, 9.17) is 4.74 Å². The first-order chi connectivity index (χ1) is 11.3. The molecule has 0 unspecified atom stereocenters. The van der Waals surface area contributed by atoms with Crippen LogP contribution in [0, 0.1) is 0 Å². The van der Waals surface area contributed by atoms with E-state index in [1.54, 1.807) is 13.2 Å². The second-order valence-electron chi connectivity index (χ2n) is 6.13. The Morgan fingerprint density at radius 2 is 1.61 bits per heavy atom. The lowest BCUT2D eigenvalue weighted by Gasteiger charge is -2.11. The van der Waals surface area contributed by atoms with Gasteiger partial charge in [0, 0.05) is 7.11 Å². The topological polar surface area (TPSA) is 26.3 Å². The van der Waals surface area contributed by atoms with Crippen molar-refractivity contribution in [1.29, 1.82) is 0 Å². The van der Waals surface area contributed by atoms with Gasteiger partial charge in [0.2, 0.25) is 0 Å². The molecule has 0 fully saturated rings. The molecule has 0 radical (unpaired) electrons. The van der Waals surface area contributed by atoms with Crippen molar-refractivity contribution in [1.82, 2.24) is 0 Å². The molecular formula is C21H32O2. The lowest BCUT2D eigenvalue weighted by atomic mass is 10.0. The van der Waals surface area contributed by atoms with Crippen LogP contribution in [0.15, 0.2) is 36.4 Å². The van der Waals surface area contributed by atoms with Crippen LogP contribution in [0.4, 0.5) is 0 Å². The molecule has 128 valence electrons. The summed E-state index contributed by atoms with van der Waals surface area (Å²) in [7, 11) is 1.63. The Balaban J connectivity index is 2.20. The van der Waals surface area contributed by atoms with Crippen LogP contribution in [0.5, 0.6) is 0 Å². The number of carbonyl (C=O) groups excluding carboxylic acids is 1. The van der Waals surface area contributed by atoms with E-state index < -0.39 is 0 Å². The smallest absolute Gasteiger partial charge is 0.184 e. The normalized spacial score (nSPS) is 12.6. The van der Waals surface area contributed by atoms with Crippen LogP contribution in [0.3, 0.4) is 0 Å². The maximum absolute atomic E-state index is 12.2. The monoisotopic (exact) mass is 316 g/mol. The third-order valence-corrected chi connectivity index (χ3v) is 4.16. The lowest BCUT2D eigenvalue weighted by Crippen LogP contribution is -2.20. The van der Waals surface area contributed by atoms with Gasteiger partial charge in [0.25, 0.3) is 0 Å². The summed E-state index contributed by atoms with van der Waals surface area (Å²) in [5, 5.41) is 0. The fourth-order valence-corrected chi connectivity index (χ4v) is 2.69. The van der Waals surface area contributed by atoms with Crippen LogP contribution < -0.4 is 0 Å². The van der Waals surface area contributed by atoms with Crippen LogP contribution in [-0.2, 0) is 9.53 Å². The summed E-state index contributed by atoms with van der Waals surface area (Å²) in [5.41, 5.74) is 1.04. The Bertz CT molecular complexity index is 436. The molecule has 2 heteroatoms. The molecule has 1 aromatic rings. The zero-order valence-corrected chi connectivity index (χ0v) is 14.8. The average Bonchev–Trinajstić information content (AvgIpc) is 2.59. The number of ketones is 1. The summed E-state index contributed by atoms with van der Waals surface area (Å²) in [6.45, 7) is 2.24. The molecule has 0 saturated heterocycles. The number of hydrogen-bond donors (Lipinski definition) is 0. The van der Waals surface area contributed by atoms with E-state index in [9.17, 15) is 4.79 Å². The van der Waals surface area contributed by atoms with Gasteiger partial charge in [-0.1, -0.05) is 94.7 Å². The number of benzene rings is 1. The Morgan fingerprint density at radius 3 is 2.22 bits per heavy atom. The fourth-order valence-electron chi connectivity index (χ4n) is 2.69. The molecule has 0 bridgehead atoms. The van der Waals surface area contributed by atoms with Crippen LogP contribution in [0.1, 0.15) is 70.3 Å². The largest absolute Gasteiger partial charge is 0.373 e. The maximum Gasteiger partial charge on any atom is 0.184 e. The molecule has 1 atom stereocenters. The Morgan fingerprint density at radius 1 is 1.00 bits per heavy atom. The van der Waals surface area contributed by atoms with E-state index in [0.29, 0.717) is 0 Å². The lowest BCUT2D eigenvalue weighted by molar-refractivity contribution is -0.124. The number of methoxy groups -OCH3 is 1. The van der Waals surface area contributed by atoms with Crippen LogP contribution in [0.25, 0.3) is 6.08 Å². The van der Waals surface area contributed by atoms with Crippen molar-refractivity contribution < 1.29 is 9.53 Å². The van der Waals surface area contributed by atoms with Crippen LogP contribution >= 0.6 is 0 Å². The minimum atomic E-state index is -0.296. The first-order valence-electron chi connectivity index (χ1n) is 9.07. The molecule has 1 aromatic carbocycles. The number of unbranched alkanes of at least 4 members (excludes halogenated alkanes) is 7. The highest BCUT2D eigenvalue weighted by atomic mass is 16.5. The zero-order chi connectivity index (χ0) is 16.8. The molecule has 0 N–H and O–H groups in total. The second-order valence-corrected chi connectivity index (χ2v) is 6.13. The molecule has 2 nitrogen and oxygen atoms in total. The van der Waals surface area contributed by atoms with Crippen LogP contribution in [-0.4, -0.2) is 19.0 Å². The predicted molar refractivity (Wildman–Crippen MR) is 98.5 cm³/mol. The quantitative estimate of drug-likeness (QED) is 0.339. The van der Waals surface area contributed by atoms with Gasteiger partial charge in [-0.2, -0.15) is 0 Å². The van der Waals surface area contributed by atoms with Crippen molar-refractivity contribution in [2.75, 3.05) is 7.11 Å². The molecule has 0 aliphatic heterocycles. The van der Waals surface area contributed by atoms with E-state index in [-0.39, 0.29) is 11.9 Å². The van der Waals surface area contributed by atoms with Gasteiger partial charge >= 0.3 is 0 Å². The van der Waals surface area contributed by atoms with Crippen molar-refractivity contribution in [2.24, 2.45) is 0 Å². The average molecular weight is 316 g/mol. The first-order valence-corrected chi connectivity index (χ1v) is 9.07. The van der Waals surface area contributed by atoms with Gasteiger partial charge in [-0.25, -0.2) is 0 Å². The van der Waals surface area contributed by atoms with Crippen LogP contribution in [0.2, 0.25) is 0 Å². The second kappa shape index (κ2) is 13.1. The van der Waals surface area contributed by atoms with Gasteiger partial charge in [-0.05, 0) is 18.1 Å². The van der Waals surface area contributed by atoms with E-state index in [0.717, 1.165) is 18.4 Å². The van der Waals surface area contributed by atoms with Crippen molar-refractivity contribution in [3.05, 3.63) is 42.0 Å². The third kappa shape index (κ3) is 9.35. The molecule has 0 amide bonds. The number of hydrogen-bond acceptors (Lipinski definition) is 2. The molecule has 0 heterocycles. The van der Waals surface area contributed by atoms with E-state index in [1.807, 2.05) is 36.4 Å². The van der Waals surface area contributed by atoms with Crippen molar-refractivity contribution in [3.8, 4) is 0 Å². The van der Waals surface area contributed by atoms with Gasteiger partial charge in [-0.3, -0.25) is 4.79 Å². The molecule has 0 spiro atoms. The minimum absolute atomic E-state index is 0.0688. The highest BCUT2D eigenvalue weighted by molar-refractivity contribution is 5.96. The zero-order valence-electron chi connectivity index (χ0n) is 14.8. The van der Waals surface area contributed by atoms with Gasteiger partial charge in [-0.15, -0.1) is 0 Å². The molecule has 0 saturated carbocycles. The van der Waals surface area contributed by atoms with E-state index in [1.165, 1.54) is 44.9 Å². The number of carbonyl (C=O) groups is 1. The van der Waals surface area contributed by atoms with Gasteiger partial charge in [0.05, 0.1) is 0 Å². The fraction of sp³-hybridized carbons (Fsp3) is 0.571. The minimum Gasteiger partial charge on any atom is -0.373 e. The Hall–Kier alpha value is -1.41. The molecular weight excluding hydrogens is 284 g/mol. The van der Waals surface area contributed by atoms with Gasteiger partial charge in [0.15, 0.2) is 5.78 Å². The van der Waals surface area contributed by atoms with Crippen molar-refractivity contribution in [2.45, 2.75) is 70.8 Å². The Kier molecular flexibility index (Phi) is 11.2. The van der Waals surface area contributed by atoms with Gasteiger partial charge in [0.1, 0.15) is 6.10 Å². The molecule has 0 aliphatic rings. The summed E-state index contributed by atoms with van der Waals surface area (Å²) in [4.78, 5) is 12.2. The number of rotatable bonds is 13. The molecule has 0 aromatic heterocycles. The SMILES string of the molecule is CCCCCCCCCC[C@@H](OC)C(=O)/C=C/c1ccccc1.